The summed E-state index contributed by atoms with van der Waals surface area (Å²) in [7, 11) is 0. The molecular weight excluding hydrogens is 150 g/mol. The number of ether oxygens (including phenoxy) is 1. The van der Waals surface area contributed by atoms with Crippen LogP contribution in [-0.2, 0) is 4.74 Å². The standard InChI is InChI=1S/C10H23NO/c1-4-5-10(8-11)12-7-6-9(2)3/h9-10H,4-8,11H2,1-3H3. The molecule has 0 bridgehead atoms. The highest BCUT2D eigenvalue weighted by molar-refractivity contribution is 4.57. The van der Waals surface area contributed by atoms with Gasteiger partial charge in [-0.05, 0) is 18.8 Å². The van der Waals surface area contributed by atoms with E-state index in [2.05, 4.69) is 20.8 Å². The Bertz CT molecular complexity index is 93.8. The van der Waals surface area contributed by atoms with Crippen molar-refractivity contribution >= 4 is 0 Å². The van der Waals surface area contributed by atoms with E-state index in [1.165, 1.54) is 0 Å². The highest BCUT2D eigenvalue weighted by Crippen LogP contribution is 2.04. The summed E-state index contributed by atoms with van der Waals surface area (Å²) in [6, 6.07) is 0. The summed E-state index contributed by atoms with van der Waals surface area (Å²) in [6.45, 7) is 8.10. The minimum Gasteiger partial charge on any atom is -0.377 e. The molecule has 0 radical (unpaired) electrons. The lowest BCUT2D eigenvalue weighted by Crippen LogP contribution is -2.24. The van der Waals surface area contributed by atoms with Crippen LogP contribution in [-0.4, -0.2) is 19.3 Å². The first-order valence-electron chi connectivity index (χ1n) is 5.02. The highest BCUT2D eigenvalue weighted by atomic mass is 16.5. The van der Waals surface area contributed by atoms with E-state index in [4.69, 9.17) is 10.5 Å². The van der Waals surface area contributed by atoms with Gasteiger partial charge < -0.3 is 10.5 Å². The lowest BCUT2D eigenvalue weighted by Gasteiger charge is -2.15. The first kappa shape index (κ1) is 11.9. The molecule has 0 heterocycles. The zero-order valence-corrected chi connectivity index (χ0v) is 8.68. The van der Waals surface area contributed by atoms with E-state index in [0.29, 0.717) is 6.54 Å². The Hall–Kier alpha value is -0.0800. The topological polar surface area (TPSA) is 35.2 Å². The molecule has 2 heteroatoms. The Balaban J connectivity index is 3.31. The molecule has 1 atom stereocenters. The monoisotopic (exact) mass is 173 g/mol. The molecule has 0 aromatic carbocycles. The van der Waals surface area contributed by atoms with Gasteiger partial charge in [0.1, 0.15) is 0 Å². The molecule has 0 aromatic rings. The average Bonchev–Trinajstić information content (AvgIpc) is 2.02. The van der Waals surface area contributed by atoms with E-state index >= 15 is 0 Å². The summed E-state index contributed by atoms with van der Waals surface area (Å²) in [4.78, 5) is 0. The predicted octanol–water partition coefficient (Wildman–Crippen LogP) is 2.18. The van der Waals surface area contributed by atoms with Crippen LogP contribution in [0.3, 0.4) is 0 Å². The van der Waals surface area contributed by atoms with Gasteiger partial charge in [0.05, 0.1) is 6.10 Å². The molecule has 0 saturated heterocycles. The van der Waals surface area contributed by atoms with Crippen molar-refractivity contribution in [3.8, 4) is 0 Å². The Kier molecular flexibility index (Phi) is 7.51. The molecule has 0 aromatic heterocycles. The minimum absolute atomic E-state index is 0.286. The molecule has 0 rings (SSSR count). The Labute approximate surface area is 76.5 Å². The number of hydrogen-bond acceptors (Lipinski definition) is 2. The van der Waals surface area contributed by atoms with Crippen LogP contribution in [0, 0.1) is 5.92 Å². The molecular formula is C10H23NO. The molecule has 2 N–H and O–H groups in total. The van der Waals surface area contributed by atoms with Gasteiger partial charge in [-0.3, -0.25) is 0 Å². The van der Waals surface area contributed by atoms with Crippen molar-refractivity contribution in [3.05, 3.63) is 0 Å². The summed E-state index contributed by atoms with van der Waals surface area (Å²) in [5.74, 6) is 0.727. The fraction of sp³-hybridized carbons (Fsp3) is 1.00. The van der Waals surface area contributed by atoms with Crippen LogP contribution in [0.5, 0.6) is 0 Å². The van der Waals surface area contributed by atoms with Gasteiger partial charge in [-0.2, -0.15) is 0 Å². The van der Waals surface area contributed by atoms with E-state index in [9.17, 15) is 0 Å². The number of nitrogens with two attached hydrogens (primary N) is 1. The second kappa shape index (κ2) is 7.56. The maximum atomic E-state index is 5.62. The van der Waals surface area contributed by atoms with Crippen LogP contribution >= 0.6 is 0 Å². The molecule has 74 valence electrons. The van der Waals surface area contributed by atoms with Crippen LogP contribution in [0.2, 0.25) is 0 Å². The van der Waals surface area contributed by atoms with E-state index in [0.717, 1.165) is 31.8 Å². The van der Waals surface area contributed by atoms with Gasteiger partial charge in [0, 0.05) is 13.2 Å². The van der Waals surface area contributed by atoms with Gasteiger partial charge in [0.25, 0.3) is 0 Å². The average molecular weight is 173 g/mol. The normalized spacial score (nSPS) is 13.8. The third-order valence-corrected chi connectivity index (χ3v) is 1.92. The van der Waals surface area contributed by atoms with Crippen molar-refractivity contribution in [2.75, 3.05) is 13.2 Å². The van der Waals surface area contributed by atoms with Gasteiger partial charge in [-0.15, -0.1) is 0 Å². The smallest absolute Gasteiger partial charge is 0.0697 e. The van der Waals surface area contributed by atoms with Crippen molar-refractivity contribution in [2.45, 2.75) is 46.1 Å². The predicted molar refractivity (Wildman–Crippen MR) is 53.2 cm³/mol. The number of hydrogen-bond donors (Lipinski definition) is 1. The van der Waals surface area contributed by atoms with Crippen molar-refractivity contribution in [1.29, 1.82) is 0 Å². The summed E-state index contributed by atoms with van der Waals surface area (Å²) in [5.41, 5.74) is 5.55. The van der Waals surface area contributed by atoms with Crippen molar-refractivity contribution in [3.63, 3.8) is 0 Å². The van der Waals surface area contributed by atoms with Gasteiger partial charge >= 0.3 is 0 Å². The van der Waals surface area contributed by atoms with Gasteiger partial charge in [-0.1, -0.05) is 27.2 Å². The molecule has 0 aliphatic rings. The molecule has 0 saturated carbocycles. The van der Waals surface area contributed by atoms with Crippen LogP contribution in [0.15, 0.2) is 0 Å². The zero-order valence-electron chi connectivity index (χ0n) is 8.68. The molecule has 12 heavy (non-hydrogen) atoms. The van der Waals surface area contributed by atoms with Crippen molar-refractivity contribution in [1.82, 2.24) is 0 Å². The van der Waals surface area contributed by atoms with Crippen LogP contribution in [0.4, 0.5) is 0 Å². The molecule has 0 spiro atoms. The Morgan fingerprint density at radius 3 is 2.33 bits per heavy atom. The zero-order chi connectivity index (χ0) is 9.40. The summed E-state index contributed by atoms with van der Waals surface area (Å²) in [6.07, 6.45) is 3.67. The lowest BCUT2D eigenvalue weighted by molar-refractivity contribution is 0.0463. The maximum Gasteiger partial charge on any atom is 0.0697 e. The quantitative estimate of drug-likeness (QED) is 0.640. The fourth-order valence-electron chi connectivity index (χ4n) is 1.06. The summed E-state index contributed by atoms with van der Waals surface area (Å²) >= 11 is 0. The maximum absolute atomic E-state index is 5.62. The molecule has 0 amide bonds. The molecule has 0 fully saturated rings. The first-order valence-corrected chi connectivity index (χ1v) is 5.02. The van der Waals surface area contributed by atoms with Crippen LogP contribution in [0.1, 0.15) is 40.0 Å². The largest absolute Gasteiger partial charge is 0.377 e. The van der Waals surface area contributed by atoms with Gasteiger partial charge in [0.15, 0.2) is 0 Å². The van der Waals surface area contributed by atoms with E-state index in [1.54, 1.807) is 0 Å². The molecule has 0 aliphatic heterocycles. The van der Waals surface area contributed by atoms with Gasteiger partial charge in [-0.25, -0.2) is 0 Å². The van der Waals surface area contributed by atoms with E-state index in [-0.39, 0.29) is 6.10 Å². The van der Waals surface area contributed by atoms with E-state index in [1.807, 2.05) is 0 Å². The Morgan fingerprint density at radius 1 is 1.25 bits per heavy atom. The van der Waals surface area contributed by atoms with Gasteiger partial charge in [0.2, 0.25) is 0 Å². The molecule has 0 aliphatic carbocycles. The van der Waals surface area contributed by atoms with Crippen molar-refractivity contribution in [2.24, 2.45) is 11.7 Å². The fourth-order valence-corrected chi connectivity index (χ4v) is 1.06. The Morgan fingerprint density at radius 2 is 1.92 bits per heavy atom. The second-order valence-corrected chi connectivity index (χ2v) is 3.70. The second-order valence-electron chi connectivity index (χ2n) is 3.70. The molecule has 1 unspecified atom stereocenters. The number of rotatable bonds is 7. The van der Waals surface area contributed by atoms with Crippen LogP contribution in [0.25, 0.3) is 0 Å². The lowest BCUT2D eigenvalue weighted by atomic mass is 10.1. The third kappa shape index (κ3) is 6.62. The van der Waals surface area contributed by atoms with Crippen LogP contribution < -0.4 is 5.73 Å². The molecule has 2 nitrogen and oxygen atoms in total. The summed E-state index contributed by atoms with van der Waals surface area (Å²) < 4.78 is 5.62. The highest BCUT2D eigenvalue weighted by Gasteiger charge is 2.04. The third-order valence-electron chi connectivity index (χ3n) is 1.92. The summed E-state index contributed by atoms with van der Waals surface area (Å²) in [5, 5.41) is 0. The first-order chi connectivity index (χ1) is 5.70. The SMILES string of the molecule is CCCC(CN)OCCC(C)C. The minimum atomic E-state index is 0.286. The van der Waals surface area contributed by atoms with E-state index < -0.39 is 0 Å². The van der Waals surface area contributed by atoms with Crippen molar-refractivity contribution < 1.29 is 4.74 Å².